The number of benzene rings is 1. The first-order valence-corrected chi connectivity index (χ1v) is 6.12. The number of H-pyrrole nitrogens is 2. The van der Waals surface area contributed by atoms with Crippen molar-refractivity contribution < 1.29 is 4.79 Å². The molecule has 1 aromatic heterocycles. The lowest BCUT2D eigenvalue weighted by Crippen LogP contribution is -2.28. The molecule has 2 N–H and O–H groups in total. The number of anilines is 1. The van der Waals surface area contributed by atoms with Crippen LogP contribution >= 0.6 is 0 Å². The Morgan fingerprint density at radius 1 is 1.20 bits per heavy atom. The van der Waals surface area contributed by atoms with Crippen LogP contribution in [-0.2, 0) is 4.79 Å². The van der Waals surface area contributed by atoms with Crippen molar-refractivity contribution in [3.63, 3.8) is 0 Å². The minimum absolute atomic E-state index is 0.139. The third-order valence-corrected chi connectivity index (χ3v) is 3.46. The van der Waals surface area contributed by atoms with Gasteiger partial charge in [0, 0.05) is 18.9 Å². The van der Waals surface area contributed by atoms with Crippen LogP contribution in [0.4, 0.5) is 5.69 Å². The number of hydrogen-bond donors (Lipinski definition) is 2. The number of aromatic amines is 2. The fourth-order valence-corrected chi connectivity index (χ4v) is 2.49. The first-order chi connectivity index (χ1) is 9.61. The number of hydrogen-bond acceptors (Lipinski definition) is 3. The summed E-state index contributed by atoms with van der Waals surface area (Å²) in [5.74, 6) is 2.25. The molecule has 1 fully saturated rings. The van der Waals surface area contributed by atoms with Gasteiger partial charge in [-0.15, -0.1) is 12.3 Å². The van der Waals surface area contributed by atoms with Gasteiger partial charge in [-0.1, -0.05) is 6.07 Å². The molecule has 1 amide bonds. The third kappa shape index (κ3) is 1.72. The maximum absolute atomic E-state index is 12.0. The highest BCUT2D eigenvalue weighted by Gasteiger charge is 2.30. The number of carbonyl (C=O) groups excluding carboxylic acids is 1. The number of amides is 1. The van der Waals surface area contributed by atoms with E-state index in [1.807, 2.05) is 0 Å². The fourth-order valence-electron chi connectivity index (χ4n) is 2.49. The molecule has 2 heterocycles. The summed E-state index contributed by atoms with van der Waals surface area (Å²) >= 11 is 0. The standard InChI is InChI=1S/C14H11N3O3/c1-2-8-6-11(18)17(7-8)10-5-3-4-9-12(10)14(20)16-15-13(9)19/h1,3-5,8H,6-7H2,(H,15,19)(H,16,20). The second-order valence-electron chi connectivity index (χ2n) is 4.68. The Bertz CT molecular complexity index is 856. The largest absolute Gasteiger partial charge is 0.310 e. The summed E-state index contributed by atoms with van der Waals surface area (Å²) in [6.07, 6.45) is 5.61. The molecule has 1 aromatic carbocycles. The number of nitrogens with one attached hydrogen (secondary N) is 2. The molecule has 1 aliphatic heterocycles. The Hall–Kier alpha value is -2.81. The normalized spacial score (nSPS) is 18.4. The van der Waals surface area contributed by atoms with Gasteiger partial charge in [0.1, 0.15) is 0 Å². The molecule has 2 aromatic rings. The lowest BCUT2D eigenvalue weighted by molar-refractivity contribution is -0.117. The van der Waals surface area contributed by atoms with Crippen LogP contribution in [0, 0.1) is 18.3 Å². The Labute approximate surface area is 113 Å². The Balaban J connectivity index is 2.26. The van der Waals surface area contributed by atoms with Crippen molar-refractivity contribution in [1.82, 2.24) is 10.2 Å². The van der Waals surface area contributed by atoms with Crippen LogP contribution in [0.3, 0.4) is 0 Å². The summed E-state index contributed by atoms with van der Waals surface area (Å²) < 4.78 is 0. The predicted octanol–water partition coefficient (Wildman–Crippen LogP) is 0.203. The van der Waals surface area contributed by atoms with E-state index in [0.717, 1.165) is 0 Å². The van der Waals surface area contributed by atoms with Crippen molar-refractivity contribution in [1.29, 1.82) is 0 Å². The molecule has 0 spiro atoms. The molecule has 0 bridgehead atoms. The van der Waals surface area contributed by atoms with Gasteiger partial charge < -0.3 is 4.90 Å². The van der Waals surface area contributed by atoms with E-state index in [9.17, 15) is 14.4 Å². The number of terminal acetylenes is 1. The molecule has 0 aliphatic carbocycles. The summed E-state index contributed by atoms with van der Waals surface area (Å²) in [6, 6.07) is 4.84. The van der Waals surface area contributed by atoms with E-state index in [4.69, 9.17) is 6.42 Å². The quantitative estimate of drug-likeness (QED) is 0.725. The monoisotopic (exact) mass is 269 g/mol. The van der Waals surface area contributed by atoms with E-state index >= 15 is 0 Å². The average Bonchev–Trinajstić information content (AvgIpc) is 2.83. The predicted molar refractivity (Wildman–Crippen MR) is 74.5 cm³/mol. The Kier molecular flexibility index (Phi) is 2.68. The Morgan fingerprint density at radius 3 is 2.65 bits per heavy atom. The van der Waals surface area contributed by atoms with Crippen molar-refractivity contribution in [2.75, 3.05) is 11.4 Å². The van der Waals surface area contributed by atoms with E-state index in [-0.39, 0.29) is 29.0 Å². The number of aromatic nitrogens is 2. The van der Waals surface area contributed by atoms with Gasteiger partial charge in [0.2, 0.25) is 5.91 Å². The zero-order valence-corrected chi connectivity index (χ0v) is 10.5. The minimum atomic E-state index is -0.438. The molecule has 100 valence electrons. The number of rotatable bonds is 1. The highest BCUT2D eigenvalue weighted by Crippen LogP contribution is 2.28. The molecule has 1 atom stereocenters. The minimum Gasteiger partial charge on any atom is -0.310 e. The van der Waals surface area contributed by atoms with E-state index in [1.165, 1.54) is 4.90 Å². The van der Waals surface area contributed by atoms with Crippen molar-refractivity contribution in [3.05, 3.63) is 38.9 Å². The Morgan fingerprint density at radius 2 is 1.95 bits per heavy atom. The van der Waals surface area contributed by atoms with Crippen molar-refractivity contribution in [2.24, 2.45) is 5.92 Å². The van der Waals surface area contributed by atoms with Crippen molar-refractivity contribution in [3.8, 4) is 12.3 Å². The van der Waals surface area contributed by atoms with E-state index < -0.39 is 11.1 Å². The molecule has 6 nitrogen and oxygen atoms in total. The molecule has 20 heavy (non-hydrogen) atoms. The fraction of sp³-hybridized carbons (Fsp3) is 0.214. The lowest BCUT2D eigenvalue weighted by Gasteiger charge is -2.17. The van der Waals surface area contributed by atoms with Gasteiger partial charge in [-0.05, 0) is 12.1 Å². The van der Waals surface area contributed by atoms with E-state index in [0.29, 0.717) is 12.2 Å². The molecule has 0 saturated carbocycles. The maximum atomic E-state index is 12.0. The summed E-state index contributed by atoms with van der Waals surface area (Å²) in [6.45, 7) is 0.362. The zero-order valence-electron chi connectivity index (χ0n) is 10.5. The first kappa shape index (κ1) is 12.2. The third-order valence-electron chi connectivity index (χ3n) is 3.46. The number of carbonyl (C=O) groups is 1. The molecule has 1 unspecified atom stereocenters. The van der Waals surface area contributed by atoms with E-state index in [2.05, 4.69) is 16.1 Å². The van der Waals surface area contributed by atoms with Gasteiger partial charge in [0.15, 0.2) is 0 Å². The summed E-state index contributed by atoms with van der Waals surface area (Å²) in [5, 5.41) is 5.00. The van der Waals surface area contributed by atoms with Crippen molar-refractivity contribution in [2.45, 2.75) is 6.42 Å². The summed E-state index contributed by atoms with van der Waals surface area (Å²) in [7, 11) is 0. The molecule has 6 heteroatoms. The summed E-state index contributed by atoms with van der Waals surface area (Å²) in [4.78, 5) is 37.2. The van der Waals surface area contributed by atoms with Crippen LogP contribution in [0.25, 0.3) is 10.8 Å². The van der Waals surface area contributed by atoms with Gasteiger partial charge >= 0.3 is 0 Å². The van der Waals surface area contributed by atoms with Gasteiger partial charge in [0.05, 0.1) is 16.5 Å². The van der Waals surface area contributed by atoms with Gasteiger partial charge in [0.25, 0.3) is 11.1 Å². The maximum Gasteiger partial charge on any atom is 0.272 e. The van der Waals surface area contributed by atoms with E-state index in [1.54, 1.807) is 18.2 Å². The second-order valence-corrected chi connectivity index (χ2v) is 4.68. The lowest BCUT2D eigenvalue weighted by atomic mass is 10.1. The molecular weight excluding hydrogens is 258 g/mol. The molecule has 1 saturated heterocycles. The zero-order chi connectivity index (χ0) is 14.3. The number of fused-ring (bicyclic) bond motifs is 1. The van der Waals surface area contributed by atoms with Crippen LogP contribution < -0.4 is 16.0 Å². The van der Waals surface area contributed by atoms with Crippen molar-refractivity contribution >= 4 is 22.4 Å². The van der Waals surface area contributed by atoms with Gasteiger partial charge in [-0.3, -0.25) is 24.6 Å². The molecule has 3 rings (SSSR count). The molecular formula is C14H11N3O3. The second kappa shape index (κ2) is 4.38. The van der Waals surface area contributed by atoms with Crippen LogP contribution in [-0.4, -0.2) is 22.6 Å². The van der Waals surface area contributed by atoms with Crippen LogP contribution in [0.2, 0.25) is 0 Å². The highest BCUT2D eigenvalue weighted by molar-refractivity contribution is 6.04. The SMILES string of the molecule is C#CC1CC(=O)N(c2cccc3c(=O)[nH][nH]c(=O)c23)C1. The molecule has 1 aliphatic rings. The van der Waals surface area contributed by atoms with Crippen LogP contribution in [0.15, 0.2) is 27.8 Å². The average molecular weight is 269 g/mol. The topological polar surface area (TPSA) is 86.0 Å². The van der Waals surface area contributed by atoms with Gasteiger partial charge in [-0.25, -0.2) is 0 Å². The van der Waals surface area contributed by atoms with Gasteiger partial charge in [-0.2, -0.15) is 0 Å². The summed E-state index contributed by atoms with van der Waals surface area (Å²) in [5.41, 5.74) is -0.411. The first-order valence-electron chi connectivity index (χ1n) is 6.12. The smallest absolute Gasteiger partial charge is 0.272 e. The van der Waals surface area contributed by atoms with Crippen LogP contribution in [0.1, 0.15) is 6.42 Å². The van der Waals surface area contributed by atoms with Crippen LogP contribution in [0.5, 0.6) is 0 Å². The highest BCUT2D eigenvalue weighted by atomic mass is 16.2. The number of nitrogens with zero attached hydrogens (tertiary/aromatic N) is 1. The molecule has 0 radical (unpaired) electrons.